The van der Waals surface area contributed by atoms with E-state index >= 15 is 0 Å². The quantitative estimate of drug-likeness (QED) is 0.526. The Balaban J connectivity index is 1.44. The van der Waals surface area contributed by atoms with Crippen molar-refractivity contribution < 1.29 is 4.74 Å². The minimum Gasteiger partial charge on any atom is -0.481 e. The van der Waals surface area contributed by atoms with Crippen molar-refractivity contribution in [2.75, 3.05) is 19.0 Å². The van der Waals surface area contributed by atoms with Crippen molar-refractivity contribution in [2.45, 2.75) is 32.6 Å². The van der Waals surface area contributed by atoms with Crippen LogP contribution in [0.5, 0.6) is 5.88 Å². The smallest absolute Gasteiger partial charge is 0.213 e. The maximum absolute atomic E-state index is 5.22. The number of nitrogens with one attached hydrogen (secondary N) is 1. The molecule has 0 saturated heterocycles. The second-order valence-electron chi connectivity index (χ2n) is 6.71. The summed E-state index contributed by atoms with van der Waals surface area (Å²) in [5.74, 6) is 0.634. The highest BCUT2D eigenvalue weighted by molar-refractivity contribution is 5.68. The van der Waals surface area contributed by atoms with E-state index in [-0.39, 0.29) is 0 Å². The van der Waals surface area contributed by atoms with E-state index in [2.05, 4.69) is 51.7 Å². The maximum atomic E-state index is 5.22. The number of methoxy groups -OCH3 is 1. The Labute approximate surface area is 161 Å². The summed E-state index contributed by atoms with van der Waals surface area (Å²) in [5, 5.41) is 3.53. The number of ether oxygens (including phenoxy) is 1. The number of aryl methyl sites for hydroxylation is 2. The van der Waals surface area contributed by atoms with Crippen molar-refractivity contribution in [1.82, 2.24) is 9.97 Å². The molecule has 0 aliphatic carbocycles. The van der Waals surface area contributed by atoms with E-state index in [0.29, 0.717) is 5.88 Å². The van der Waals surface area contributed by atoms with Crippen molar-refractivity contribution in [1.29, 1.82) is 0 Å². The molecule has 4 heteroatoms. The molecule has 0 spiro atoms. The highest BCUT2D eigenvalue weighted by Crippen LogP contribution is 2.24. The van der Waals surface area contributed by atoms with Gasteiger partial charge in [-0.3, -0.25) is 4.98 Å². The van der Waals surface area contributed by atoms with Crippen LogP contribution in [0, 0.1) is 6.92 Å². The Morgan fingerprint density at radius 2 is 1.74 bits per heavy atom. The summed E-state index contributed by atoms with van der Waals surface area (Å²) in [6.07, 6.45) is 8.40. The first kappa shape index (κ1) is 18.9. The number of rotatable bonds is 9. The molecule has 0 amide bonds. The van der Waals surface area contributed by atoms with Gasteiger partial charge in [-0.2, -0.15) is 0 Å². The summed E-state index contributed by atoms with van der Waals surface area (Å²) in [6, 6.07) is 16.7. The maximum Gasteiger partial charge on any atom is 0.213 e. The Hall–Kier alpha value is -2.88. The summed E-state index contributed by atoms with van der Waals surface area (Å²) >= 11 is 0. The third-order valence-corrected chi connectivity index (χ3v) is 4.57. The monoisotopic (exact) mass is 361 g/mol. The van der Waals surface area contributed by atoms with Crippen LogP contribution >= 0.6 is 0 Å². The number of aromatic nitrogens is 2. The molecule has 0 radical (unpaired) electrons. The third-order valence-electron chi connectivity index (χ3n) is 4.57. The fourth-order valence-electron chi connectivity index (χ4n) is 3.13. The lowest BCUT2D eigenvalue weighted by atomic mass is 10.1. The molecular formula is C23H27N3O. The number of unbranched alkanes of at least 4 members (excludes halogenated alkanes) is 2. The van der Waals surface area contributed by atoms with E-state index < -0.39 is 0 Å². The van der Waals surface area contributed by atoms with Crippen LogP contribution in [0.15, 0.2) is 60.9 Å². The van der Waals surface area contributed by atoms with Crippen molar-refractivity contribution in [3.8, 4) is 17.0 Å². The summed E-state index contributed by atoms with van der Waals surface area (Å²) in [4.78, 5) is 8.42. The van der Waals surface area contributed by atoms with Crippen molar-refractivity contribution in [3.63, 3.8) is 0 Å². The first-order valence-electron chi connectivity index (χ1n) is 9.50. The Bertz CT molecular complexity index is 864. The fourth-order valence-corrected chi connectivity index (χ4v) is 3.13. The zero-order valence-corrected chi connectivity index (χ0v) is 16.1. The molecule has 0 saturated carbocycles. The molecule has 0 atom stereocenters. The van der Waals surface area contributed by atoms with Gasteiger partial charge < -0.3 is 10.1 Å². The minimum absolute atomic E-state index is 0.634. The highest BCUT2D eigenvalue weighted by Gasteiger charge is 2.02. The first-order chi connectivity index (χ1) is 13.2. The lowest BCUT2D eigenvalue weighted by Gasteiger charge is -2.09. The van der Waals surface area contributed by atoms with Crippen LogP contribution in [0.3, 0.4) is 0 Å². The van der Waals surface area contributed by atoms with Gasteiger partial charge in [0.05, 0.1) is 7.11 Å². The predicted octanol–water partition coefficient (Wildman–Crippen LogP) is 5.29. The molecule has 27 heavy (non-hydrogen) atoms. The van der Waals surface area contributed by atoms with Gasteiger partial charge in [0, 0.05) is 36.4 Å². The zero-order valence-electron chi connectivity index (χ0n) is 16.1. The van der Waals surface area contributed by atoms with Crippen molar-refractivity contribution in [2.24, 2.45) is 0 Å². The SMILES string of the molecule is COc1cc(-c2cccc(NCCCCCc3ccnc(C)c3)c2)ccn1. The van der Waals surface area contributed by atoms with Crippen LogP contribution in [0.25, 0.3) is 11.1 Å². The molecule has 1 N–H and O–H groups in total. The number of nitrogens with zero attached hydrogens (tertiary/aromatic N) is 2. The molecule has 0 fully saturated rings. The second-order valence-corrected chi connectivity index (χ2v) is 6.71. The van der Waals surface area contributed by atoms with E-state index in [1.807, 2.05) is 25.3 Å². The van der Waals surface area contributed by atoms with Crippen LogP contribution in [-0.4, -0.2) is 23.6 Å². The van der Waals surface area contributed by atoms with E-state index in [4.69, 9.17) is 4.74 Å². The molecule has 4 nitrogen and oxygen atoms in total. The number of hydrogen-bond donors (Lipinski definition) is 1. The summed E-state index contributed by atoms with van der Waals surface area (Å²) in [7, 11) is 1.64. The van der Waals surface area contributed by atoms with Crippen LogP contribution in [0.4, 0.5) is 5.69 Å². The Morgan fingerprint density at radius 1 is 0.889 bits per heavy atom. The van der Waals surface area contributed by atoms with Gasteiger partial charge in [-0.15, -0.1) is 0 Å². The Kier molecular flexibility index (Phi) is 6.80. The highest BCUT2D eigenvalue weighted by atomic mass is 16.5. The average molecular weight is 361 g/mol. The van der Waals surface area contributed by atoms with Gasteiger partial charge in [0.15, 0.2) is 0 Å². The number of anilines is 1. The van der Waals surface area contributed by atoms with Crippen LogP contribution < -0.4 is 10.1 Å². The van der Waals surface area contributed by atoms with Gasteiger partial charge in [0.25, 0.3) is 0 Å². The molecular weight excluding hydrogens is 334 g/mol. The molecule has 3 rings (SSSR count). The van der Waals surface area contributed by atoms with E-state index in [1.165, 1.54) is 18.4 Å². The molecule has 140 valence electrons. The number of pyridine rings is 2. The normalized spacial score (nSPS) is 10.6. The van der Waals surface area contributed by atoms with E-state index in [9.17, 15) is 0 Å². The molecule has 2 aromatic heterocycles. The van der Waals surface area contributed by atoms with E-state index in [0.717, 1.165) is 41.9 Å². The van der Waals surface area contributed by atoms with Crippen LogP contribution in [0.1, 0.15) is 30.5 Å². The number of benzene rings is 1. The fraction of sp³-hybridized carbons (Fsp3) is 0.304. The molecule has 0 bridgehead atoms. The van der Waals surface area contributed by atoms with Gasteiger partial charge in [0.1, 0.15) is 0 Å². The summed E-state index contributed by atoms with van der Waals surface area (Å²) < 4.78 is 5.22. The van der Waals surface area contributed by atoms with Gasteiger partial charge in [-0.25, -0.2) is 4.98 Å². The second kappa shape index (κ2) is 9.72. The summed E-state index contributed by atoms with van der Waals surface area (Å²) in [6.45, 7) is 3.03. The van der Waals surface area contributed by atoms with Crippen LogP contribution in [-0.2, 0) is 6.42 Å². The van der Waals surface area contributed by atoms with Gasteiger partial charge in [-0.1, -0.05) is 18.6 Å². The average Bonchev–Trinajstić information content (AvgIpc) is 2.71. The Morgan fingerprint density at radius 3 is 2.59 bits per heavy atom. The molecule has 0 aliphatic rings. The van der Waals surface area contributed by atoms with Gasteiger partial charge >= 0.3 is 0 Å². The lowest BCUT2D eigenvalue weighted by molar-refractivity contribution is 0.398. The topological polar surface area (TPSA) is 47.0 Å². The first-order valence-corrected chi connectivity index (χ1v) is 9.50. The number of hydrogen-bond acceptors (Lipinski definition) is 4. The molecule has 1 aromatic carbocycles. The third kappa shape index (κ3) is 5.81. The van der Waals surface area contributed by atoms with Gasteiger partial charge in [-0.05, 0) is 73.2 Å². The molecule has 3 aromatic rings. The lowest BCUT2D eigenvalue weighted by Crippen LogP contribution is -2.01. The molecule has 0 aliphatic heterocycles. The van der Waals surface area contributed by atoms with Crippen molar-refractivity contribution >= 4 is 5.69 Å². The van der Waals surface area contributed by atoms with Gasteiger partial charge in [0.2, 0.25) is 5.88 Å². The standard InChI is InChI=1S/C23H27N3O/c1-18-15-19(10-13-24-18)7-4-3-5-12-25-22-9-6-8-20(16-22)21-11-14-26-23(17-21)27-2/h6,8-11,13-17,25H,3-5,7,12H2,1-2H3. The summed E-state index contributed by atoms with van der Waals surface area (Å²) in [5.41, 5.74) is 5.90. The largest absolute Gasteiger partial charge is 0.481 e. The zero-order chi connectivity index (χ0) is 18.9. The van der Waals surface area contributed by atoms with Crippen LogP contribution in [0.2, 0.25) is 0 Å². The van der Waals surface area contributed by atoms with Crippen molar-refractivity contribution in [3.05, 3.63) is 72.2 Å². The molecule has 2 heterocycles. The minimum atomic E-state index is 0.634. The predicted molar refractivity (Wildman–Crippen MR) is 111 cm³/mol. The molecule has 0 unspecified atom stereocenters. The van der Waals surface area contributed by atoms with E-state index in [1.54, 1.807) is 13.3 Å².